The van der Waals surface area contributed by atoms with Gasteiger partial charge in [0.1, 0.15) is 0 Å². The minimum absolute atomic E-state index is 0.798. The Morgan fingerprint density at radius 1 is 0.737 bits per heavy atom. The van der Waals surface area contributed by atoms with E-state index in [1.165, 1.54) is 10.9 Å². The molecule has 0 saturated heterocycles. The van der Waals surface area contributed by atoms with E-state index >= 15 is 0 Å². The van der Waals surface area contributed by atoms with Gasteiger partial charge in [-0.25, -0.2) is 0 Å². The first-order valence-corrected chi connectivity index (χ1v) is 6.34. The molecule has 0 spiro atoms. The summed E-state index contributed by atoms with van der Waals surface area (Å²) in [7, 11) is 0. The van der Waals surface area contributed by atoms with Crippen LogP contribution in [0, 0.1) is 6.92 Å². The van der Waals surface area contributed by atoms with Gasteiger partial charge in [0, 0.05) is 17.1 Å². The molecule has 0 saturated carbocycles. The van der Waals surface area contributed by atoms with Crippen LogP contribution in [0.15, 0.2) is 60.7 Å². The van der Waals surface area contributed by atoms with E-state index in [1.807, 2.05) is 18.2 Å². The van der Waals surface area contributed by atoms with Gasteiger partial charge in [0.25, 0.3) is 0 Å². The highest BCUT2D eigenvalue weighted by Gasteiger charge is 1.98. The number of nitrogens with one attached hydrogen (secondary N) is 1. The van der Waals surface area contributed by atoms with E-state index < -0.39 is 0 Å². The maximum absolute atomic E-state index is 5.78. The molecule has 2 nitrogen and oxygen atoms in total. The van der Waals surface area contributed by atoms with Crippen molar-refractivity contribution in [1.29, 1.82) is 0 Å². The zero-order valence-electron chi connectivity index (χ0n) is 10.9. The summed E-state index contributed by atoms with van der Waals surface area (Å²) in [5.74, 6) is 0. The molecule has 0 atom stereocenters. The zero-order chi connectivity index (χ0) is 13.2. The summed E-state index contributed by atoms with van der Waals surface area (Å²) in [5.41, 5.74) is 10.0. The molecule has 3 aromatic carbocycles. The Balaban J connectivity index is 1.93. The Morgan fingerprint density at radius 2 is 1.37 bits per heavy atom. The molecule has 0 aliphatic carbocycles. The average Bonchev–Trinajstić information content (AvgIpc) is 2.42. The average molecular weight is 248 g/mol. The van der Waals surface area contributed by atoms with Gasteiger partial charge in [0.15, 0.2) is 0 Å². The molecule has 0 unspecified atom stereocenters. The summed E-state index contributed by atoms with van der Waals surface area (Å²) in [6, 6.07) is 20.6. The fraction of sp³-hybridized carbons (Fsp3) is 0.0588. The lowest BCUT2D eigenvalue weighted by molar-refractivity contribution is 1.46. The topological polar surface area (TPSA) is 38.0 Å². The zero-order valence-corrected chi connectivity index (χ0v) is 10.9. The minimum atomic E-state index is 0.798. The molecule has 0 bridgehead atoms. The molecular weight excluding hydrogens is 232 g/mol. The molecule has 0 fully saturated rings. The van der Waals surface area contributed by atoms with Crippen LogP contribution in [0.2, 0.25) is 0 Å². The number of fused-ring (bicyclic) bond motifs is 1. The van der Waals surface area contributed by atoms with Crippen LogP contribution in [0.5, 0.6) is 0 Å². The van der Waals surface area contributed by atoms with E-state index in [0.717, 1.165) is 22.4 Å². The van der Waals surface area contributed by atoms with Crippen LogP contribution in [0.1, 0.15) is 5.56 Å². The Hall–Kier alpha value is -2.48. The quantitative estimate of drug-likeness (QED) is 0.656. The highest BCUT2D eigenvalue weighted by atomic mass is 14.9. The molecule has 0 aromatic heterocycles. The van der Waals surface area contributed by atoms with Gasteiger partial charge in [-0.05, 0) is 54.1 Å². The molecule has 3 rings (SSSR count). The summed E-state index contributed by atoms with van der Waals surface area (Å²) < 4.78 is 0. The first-order valence-electron chi connectivity index (χ1n) is 6.34. The smallest absolute Gasteiger partial charge is 0.0390 e. The lowest BCUT2D eigenvalue weighted by atomic mass is 10.1. The predicted octanol–water partition coefficient (Wildman–Crippen LogP) is 4.47. The van der Waals surface area contributed by atoms with E-state index in [9.17, 15) is 0 Å². The molecule has 3 aromatic rings. The first kappa shape index (κ1) is 11.6. The van der Waals surface area contributed by atoms with Crippen LogP contribution >= 0.6 is 0 Å². The van der Waals surface area contributed by atoms with Crippen LogP contribution in [-0.2, 0) is 0 Å². The van der Waals surface area contributed by atoms with Gasteiger partial charge >= 0.3 is 0 Å². The van der Waals surface area contributed by atoms with E-state index in [-0.39, 0.29) is 0 Å². The number of hydrogen-bond donors (Lipinski definition) is 2. The predicted molar refractivity (Wildman–Crippen MR) is 82.8 cm³/mol. The lowest BCUT2D eigenvalue weighted by Gasteiger charge is -2.08. The van der Waals surface area contributed by atoms with Gasteiger partial charge in [-0.3, -0.25) is 0 Å². The summed E-state index contributed by atoms with van der Waals surface area (Å²) in [5, 5.41) is 5.75. The van der Waals surface area contributed by atoms with Crippen LogP contribution in [0.3, 0.4) is 0 Å². The minimum Gasteiger partial charge on any atom is -0.399 e. The number of aryl methyl sites for hydroxylation is 1. The molecule has 0 heterocycles. The highest BCUT2D eigenvalue weighted by Crippen LogP contribution is 2.24. The normalized spacial score (nSPS) is 10.6. The number of nitrogen functional groups attached to an aromatic ring is 1. The molecule has 3 N–H and O–H groups in total. The molecule has 0 aliphatic heterocycles. The molecule has 19 heavy (non-hydrogen) atoms. The van der Waals surface area contributed by atoms with Crippen molar-refractivity contribution < 1.29 is 0 Å². The van der Waals surface area contributed by atoms with Gasteiger partial charge in [-0.2, -0.15) is 0 Å². The third-order valence-electron chi connectivity index (χ3n) is 3.20. The third-order valence-corrected chi connectivity index (χ3v) is 3.20. The van der Waals surface area contributed by atoms with Crippen molar-refractivity contribution in [3.05, 3.63) is 66.2 Å². The van der Waals surface area contributed by atoms with Gasteiger partial charge in [-0.15, -0.1) is 0 Å². The maximum atomic E-state index is 5.78. The van der Waals surface area contributed by atoms with E-state index in [4.69, 9.17) is 5.73 Å². The molecular formula is C17H16N2. The van der Waals surface area contributed by atoms with Crippen molar-refractivity contribution in [2.75, 3.05) is 11.1 Å². The fourth-order valence-electron chi connectivity index (χ4n) is 2.15. The molecule has 94 valence electrons. The van der Waals surface area contributed by atoms with Crippen LogP contribution < -0.4 is 11.1 Å². The largest absolute Gasteiger partial charge is 0.399 e. The number of rotatable bonds is 2. The molecule has 0 amide bonds. The third kappa shape index (κ3) is 2.52. The number of nitrogens with two attached hydrogens (primary N) is 1. The summed E-state index contributed by atoms with van der Waals surface area (Å²) in [6.45, 7) is 2.09. The number of anilines is 3. The SMILES string of the molecule is Cc1ccc(Nc2ccc3cc(N)ccc3c2)cc1. The number of benzene rings is 3. The maximum Gasteiger partial charge on any atom is 0.0390 e. The summed E-state index contributed by atoms with van der Waals surface area (Å²) in [6.07, 6.45) is 0. The van der Waals surface area contributed by atoms with Gasteiger partial charge in [-0.1, -0.05) is 29.8 Å². The second-order valence-corrected chi connectivity index (χ2v) is 4.81. The Bertz CT molecular complexity index is 715. The van der Waals surface area contributed by atoms with Crippen molar-refractivity contribution >= 4 is 27.8 Å². The Kier molecular flexibility index (Phi) is 2.84. The van der Waals surface area contributed by atoms with Crippen LogP contribution in [0.25, 0.3) is 10.8 Å². The van der Waals surface area contributed by atoms with Gasteiger partial charge in [0.05, 0.1) is 0 Å². The lowest BCUT2D eigenvalue weighted by Crippen LogP contribution is -1.90. The Morgan fingerprint density at radius 3 is 2.16 bits per heavy atom. The summed E-state index contributed by atoms with van der Waals surface area (Å²) in [4.78, 5) is 0. The molecule has 0 aliphatic rings. The van der Waals surface area contributed by atoms with Crippen molar-refractivity contribution in [3.63, 3.8) is 0 Å². The van der Waals surface area contributed by atoms with Gasteiger partial charge in [0.2, 0.25) is 0 Å². The number of hydrogen-bond acceptors (Lipinski definition) is 2. The molecule has 2 heteroatoms. The van der Waals surface area contributed by atoms with Crippen molar-refractivity contribution in [2.24, 2.45) is 0 Å². The van der Waals surface area contributed by atoms with E-state index in [0.29, 0.717) is 0 Å². The second-order valence-electron chi connectivity index (χ2n) is 4.81. The van der Waals surface area contributed by atoms with Crippen molar-refractivity contribution in [2.45, 2.75) is 6.92 Å². The first-order chi connectivity index (χ1) is 9.20. The van der Waals surface area contributed by atoms with E-state index in [2.05, 4.69) is 54.7 Å². The van der Waals surface area contributed by atoms with Crippen molar-refractivity contribution in [1.82, 2.24) is 0 Å². The van der Waals surface area contributed by atoms with Gasteiger partial charge < -0.3 is 11.1 Å². The summed E-state index contributed by atoms with van der Waals surface area (Å²) >= 11 is 0. The van der Waals surface area contributed by atoms with E-state index in [1.54, 1.807) is 0 Å². The standard InChI is InChI=1S/C17H16N2/c1-12-2-7-16(8-3-12)19-17-9-5-13-10-15(18)6-4-14(13)11-17/h2-11,19H,18H2,1H3. The molecule has 0 radical (unpaired) electrons. The van der Waals surface area contributed by atoms with Crippen LogP contribution in [0.4, 0.5) is 17.1 Å². The highest BCUT2D eigenvalue weighted by molar-refractivity contribution is 5.88. The second kappa shape index (κ2) is 4.65. The fourth-order valence-corrected chi connectivity index (χ4v) is 2.15. The van der Waals surface area contributed by atoms with Crippen molar-refractivity contribution in [3.8, 4) is 0 Å². The Labute approximate surface area is 112 Å². The van der Waals surface area contributed by atoms with Crippen LogP contribution in [-0.4, -0.2) is 0 Å². The monoisotopic (exact) mass is 248 g/mol.